The second-order valence-electron chi connectivity index (χ2n) is 13.5. The number of amides is 1. The van der Waals surface area contributed by atoms with Crippen LogP contribution in [0.4, 0.5) is 10.2 Å². The molecular weight excluding hydrogens is 676 g/mol. The maximum Gasteiger partial charge on any atom is 0.251 e. The molecule has 0 saturated heterocycles. The summed E-state index contributed by atoms with van der Waals surface area (Å²) in [6.45, 7) is 7.79. The number of primary amides is 1. The van der Waals surface area contributed by atoms with Crippen molar-refractivity contribution in [3.05, 3.63) is 106 Å². The predicted octanol–water partition coefficient (Wildman–Crippen LogP) is 8.86. The van der Waals surface area contributed by atoms with Crippen LogP contribution in [0.3, 0.4) is 0 Å². The Balaban J connectivity index is 0.000000177. The number of rotatable bonds is 7. The number of aromatic nitrogens is 4. The van der Waals surface area contributed by atoms with E-state index in [1.807, 2.05) is 38.2 Å². The number of fused-ring (bicyclic) bond motifs is 3. The van der Waals surface area contributed by atoms with Crippen LogP contribution >= 0.6 is 11.3 Å². The van der Waals surface area contributed by atoms with Gasteiger partial charge < -0.3 is 20.2 Å². The number of thiophene rings is 1. The van der Waals surface area contributed by atoms with Gasteiger partial charge in [-0.3, -0.25) is 9.78 Å². The predicted molar refractivity (Wildman–Crippen MR) is 206 cm³/mol. The molecule has 0 atom stereocenters. The zero-order chi connectivity index (χ0) is 36.9. The summed E-state index contributed by atoms with van der Waals surface area (Å²) in [6, 6.07) is 15.4. The normalized spacial score (nSPS) is 12.8. The molecule has 9 nitrogen and oxygen atoms in total. The number of nitrogens with one attached hydrogen (secondary N) is 1. The van der Waals surface area contributed by atoms with Crippen molar-refractivity contribution in [2.75, 3.05) is 19.5 Å². The van der Waals surface area contributed by atoms with Crippen molar-refractivity contribution in [1.82, 2.24) is 20.2 Å². The number of carbonyl (C=O) groups excluding carboxylic acids is 1. The summed E-state index contributed by atoms with van der Waals surface area (Å²) in [7, 11) is 3.58. The largest absolute Gasteiger partial charge is 0.496 e. The number of nitrogens with two attached hydrogens (primary N) is 1. The third-order valence-corrected chi connectivity index (χ3v) is 10.5. The van der Waals surface area contributed by atoms with Crippen molar-refractivity contribution in [1.29, 1.82) is 0 Å². The van der Waals surface area contributed by atoms with Crippen LogP contribution in [0.2, 0.25) is 0 Å². The van der Waals surface area contributed by atoms with Gasteiger partial charge in [0.05, 0.1) is 34.3 Å². The van der Waals surface area contributed by atoms with Crippen LogP contribution in [-0.2, 0) is 32.1 Å². The molecule has 0 spiro atoms. The zero-order valence-corrected chi connectivity index (χ0v) is 31.4. The van der Waals surface area contributed by atoms with E-state index in [2.05, 4.69) is 46.5 Å². The Morgan fingerprint density at radius 3 is 2.48 bits per heavy atom. The van der Waals surface area contributed by atoms with Gasteiger partial charge in [-0.1, -0.05) is 32.0 Å². The zero-order valence-electron chi connectivity index (χ0n) is 30.6. The number of halogens is 1. The van der Waals surface area contributed by atoms with E-state index >= 15 is 0 Å². The molecule has 3 N–H and O–H groups in total. The fourth-order valence-corrected chi connectivity index (χ4v) is 8.26. The molecule has 8 rings (SSSR count). The van der Waals surface area contributed by atoms with Gasteiger partial charge in [0.25, 0.3) is 5.91 Å². The Hall–Kier alpha value is -5.16. The first kappa shape index (κ1) is 36.6. The lowest BCUT2D eigenvalue weighted by Crippen LogP contribution is -2.19. The van der Waals surface area contributed by atoms with Crippen molar-refractivity contribution >= 4 is 33.1 Å². The van der Waals surface area contributed by atoms with Gasteiger partial charge in [0.2, 0.25) is 11.8 Å². The van der Waals surface area contributed by atoms with Crippen LogP contribution in [0.1, 0.15) is 76.6 Å². The van der Waals surface area contributed by atoms with Crippen LogP contribution in [0.15, 0.2) is 59.1 Å². The molecule has 1 amide bonds. The quantitative estimate of drug-likeness (QED) is 0.167. The lowest BCUT2D eigenvalue weighted by Gasteiger charge is -2.17. The smallest absolute Gasteiger partial charge is 0.251 e. The molecule has 2 aliphatic carbocycles. The van der Waals surface area contributed by atoms with Gasteiger partial charge in [0, 0.05) is 30.6 Å². The Bertz CT molecular complexity index is 2230. The molecule has 2 aromatic carbocycles. The molecule has 2 aliphatic rings. The van der Waals surface area contributed by atoms with E-state index in [4.69, 9.17) is 19.9 Å². The number of ether oxygens (including phenoxy) is 1. The summed E-state index contributed by atoms with van der Waals surface area (Å²) < 4.78 is 24.6. The summed E-state index contributed by atoms with van der Waals surface area (Å²) in [5.41, 5.74) is 14.5. The minimum atomic E-state index is -0.528. The second-order valence-corrected chi connectivity index (χ2v) is 14.6. The molecule has 11 heteroatoms. The highest BCUT2D eigenvalue weighted by molar-refractivity contribution is 7.23. The van der Waals surface area contributed by atoms with Crippen molar-refractivity contribution in [3.63, 3.8) is 0 Å². The highest BCUT2D eigenvalue weighted by Crippen LogP contribution is 2.44. The minimum absolute atomic E-state index is 0.0966. The van der Waals surface area contributed by atoms with Crippen molar-refractivity contribution in [2.45, 2.75) is 72.6 Å². The van der Waals surface area contributed by atoms with Gasteiger partial charge in [0.1, 0.15) is 17.4 Å². The second kappa shape index (κ2) is 16.0. The molecular formula is C41H45FN6O3S. The molecule has 0 saturated carbocycles. The Morgan fingerprint density at radius 2 is 1.77 bits per heavy atom. The van der Waals surface area contributed by atoms with E-state index in [0.717, 1.165) is 39.4 Å². The Kier molecular flexibility index (Phi) is 11.3. The van der Waals surface area contributed by atoms with Crippen LogP contribution < -0.4 is 15.8 Å². The third-order valence-electron chi connectivity index (χ3n) is 9.34. The molecule has 0 unspecified atom stereocenters. The molecule has 0 bridgehead atoms. The van der Waals surface area contributed by atoms with E-state index in [9.17, 15) is 9.18 Å². The number of aryl methyl sites for hydroxylation is 5. The average Bonchev–Trinajstić information content (AvgIpc) is 3.94. The molecule has 0 aliphatic heterocycles. The van der Waals surface area contributed by atoms with Crippen LogP contribution in [0.5, 0.6) is 5.75 Å². The maximum absolute atomic E-state index is 12.7. The molecule has 4 aromatic heterocycles. The first-order valence-corrected chi connectivity index (χ1v) is 18.5. The number of pyridine rings is 2. The van der Waals surface area contributed by atoms with Crippen LogP contribution in [0.25, 0.3) is 32.0 Å². The molecule has 4 heterocycles. The number of methoxy groups -OCH3 is 1. The number of carbonyl (C=O) groups is 1. The van der Waals surface area contributed by atoms with Gasteiger partial charge in [-0.15, -0.1) is 21.5 Å². The summed E-state index contributed by atoms with van der Waals surface area (Å²) in [5, 5.41) is 12.3. The molecule has 6 aromatic rings. The first-order valence-electron chi connectivity index (χ1n) is 17.7. The first-order chi connectivity index (χ1) is 25.1. The summed E-state index contributed by atoms with van der Waals surface area (Å²) in [4.78, 5) is 22.7. The molecule has 52 heavy (non-hydrogen) atoms. The molecule has 0 fully saturated rings. The summed E-state index contributed by atoms with van der Waals surface area (Å²) in [5.74, 6) is 2.28. The number of hydrogen-bond acceptors (Lipinski definition) is 9. The van der Waals surface area contributed by atoms with E-state index < -0.39 is 5.91 Å². The van der Waals surface area contributed by atoms with Crippen LogP contribution in [0, 0.1) is 25.6 Å². The highest BCUT2D eigenvalue weighted by Gasteiger charge is 2.28. The average molecular weight is 721 g/mol. The van der Waals surface area contributed by atoms with Crippen LogP contribution in [-0.4, -0.2) is 40.2 Å². The minimum Gasteiger partial charge on any atom is -0.496 e. The topological polar surface area (TPSA) is 129 Å². The standard InChI is InChI=1S/C22H24N6O2S.C10H12O.C9H9F/c1-10(2)8-14-17(20(23)29)18(16(11(3)26-14)22-28-27-12(4)30-22)15-9-13-6-7-25-21(24-5)19(13)31-15;1-11-10-7-3-5-8-4-2-6-9(8)10;10-9-5-4-7-2-1-3-8(7)6-9/h6-7,9-10H,8H2,1-5H3,(H2,23,29)(H,24,25);3,5,7H,2,4,6H2,1H3;4-6H,1-3H2. The Morgan fingerprint density at radius 1 is 1.00 bits per heavy atom. The van der Waals surface area contributed by atoms with Gasteiger partial charge in [-0.05, 0) is 116 Å². The monoisotopic (exact) mass is 720 g/mol. The highest BCUT2D eigenvalue weighted by atomic mass is 32.1. The third kappa shape index (κ3) is 7.84. The molecule has 270 valence electrons. The fourth-order valence-electron chi connectivity index (χ4n) is 7.05. The number of hydrogen-bond donors (Lipinski definition) is 2. The lowest BCUT2D eigenvalue weighted by molar-refractivity contribution is 0.0999. The van der Waals surface area contributed by atoms with E-state index in [0.29, 0.717) is 52.2 Å². The number of nitrogens with zero attached hydrogens (tertiary/aromatic N) is 4. The van der Waals surface area contributed by atoms with E-state index in [1.54, 1.807) is 32.4 Å². The SMILES string of the molecule is CNc1nccc2cc(-c3c(C(N)=O)c(CC(C)C)nc(C)c3-c3nnc(C)o3)sc12.COc1cccc2c1CCC2.Fc1ccc2c(c1)CCC2. The Labute approximate surface area is 307 Å². The van der Waals surface area contributed by atoms with Gasteiger partial charge in [-0.25, -0.2) is 9.37 Å². The van der Waals surface area contributed by atoms with Crippen molar-refractivity contribution < 1.29 is 18.3 Å². The molecule has 0 radical (unpaired) electrons. The van der Waals surface area contributed by atoms with Gasteiger partial charge in [-0.2, -0.15) is 0 Å². The van der Waals surface area contributed by atoms with E-state index in [-0.39, 0.29) is 5.82 Å². The number of benzene rings is 2. The number of anilines is 1. The van der Waals surface area contributed by atoms with Crippen molar-refractivity contribution in [3.8, 4) is 27.6 Å². The van der Waals surface area contributed by atoms with E-state index in [1.165, 1.54) is 59.3 Å². The fraction of sp³-hybridized carbons (Fsp3) is 0.341. The lowest BCUT2D eigenvalue weighted by atomic mass is 9.93. The summed E-state index contributed by atoms with van der Waals surface area (Å²) in [6.07, 6.45) is 9.48. The summed E-state index contributed by atoms with van der Waals surface area (Å²) >= 11 is 1.53. The maximum atomic E-state index is 12.7. The van der Waals surface area contributed by atoms with Gasteiger partial charge >= 0.3 is 0 Å². The van der Waals surface area contributed by atoms with Crippen molar-refractivity contribution in [2.24, 2.45) is 11.7 Å². The van der Waals surface area contributed by atoms with Gasteiger partial charge in [0.15, 0.2) is 0 Å².